The molecule has 1 aromatic rings. The third-order valence-electron chi connectivity index (χ3n) is 5.69. The van der Waals surface area contributed by atoms with Crippen LogP contribution in [0.15, 0.2) is 29.2 Å². The first kappa shape index (κ1) is 20.0. The Morgan fingerprint density at radius 3 is 2.22 bits per heavy atom. The van der Waals surface area contributed by atoms with E-state index in [1.807, 2.05) is 4.90 Å². The summed E-state index contributed by atoms with van der Waals surface area (Å²) in [6.45, 7) is 4.77. The maximum Gasteiger partial charge on any atom is 0.341 e. The minimum absolute atomic E-state index is 0.0754. The Balaban J connectivity index is 1.67. The number of alkyl halides is 2. The number of carbonyl (C=O) groups is 1. The lowest BCUT2D eigenvalue weighted by molar-refractivity contribution is -0.137. The smallest absolute Gasteiger partial charge is 0.341 e. The largest absolute Gasteiger partial charge is 0.370 e. The topological polar surface area (TPSA) is 57.7 Å². The van der Waals surface area contributed by atoms with Gasteiger partial charge in [-0.15, -0.1) is 0 Å². The first-order valence-electron chi connectivity index (χ1n) is 9.45. The van der Waals surface area contributed by atoms with Gasteiger partial charge in [-0.25, -0.2) is 8.42 Å². The molecule has 0 atom stereocenters. The summed E-state index contributed by atoms with van der Waals surface area (Å²) < 4.78 is 49.9. The lowest BCUT2D eigenvalue weighted by Gasteiger charge is -2.38. The van der Waals surface area contributed by atoms with Crippen molar-refractivity contribution in [1.29, 1.82) is 0 Å². The second-order valence-electron chi connectivity index (χ2n) is 7.54. The van der Waals surface area contributed by atoms with Crippen LogP contribution in [0.1, 0.15) is 32.6 Å². The van der Waals surface area contributed by atoms with Gasteiger partial charge in [0.05, 0.1) is 10.6 Å². The molecule has 2 aliphatic heterocycles. The minimum Gasteiger partial charge on any atom is -0.370 e. The number of hydrogen-bond acceptors (Lipinski definition) is 4. The van der Waals surface area contributed by atoms with Crippen molar-refractivity contribution >= 4 is 21.4 Å². The highest BCUT2D eigenvalue weighted by Crippen LogP contribution is 2.32. The summed E-state index contributed by atoms with van der Waals surface area (Å²) in [5, 5.41) is 0. The van der Waals surface area contributed by atoms with E-state index in [1.165, 1.54) is 12.1 Å². The fourth-order valence-corrected chi connectivity index (χ4v) is 4.86. The molecule has 0 radical (unpaired) electrons. The zero-order valence-electron chi connectivity index (χ0n) is 15.5. The van der Waals surface area contributed by atoms with Crippen molar-refractivity contribution < 1.29 is 22.0 Å². The Kier molecular flexibility index (Phi) is 6.03. The van der Waals surface area contributed by atoms with Gasteiger partial charge in [0, 0.05) is 32.1 Å². The van der Waals surface area contributed by atoms with Crippen LogP contribution in [-0.2, 0) is 14.6 Å². The van der Waals surface area contributed by atoms with Crippen molar-refractivity contribution in [3.63, 3.8) is 0 Å². The van der Waals surface area contributed by atoms with Crippen LogP contribution in [0.5, 0.6) is 0 Å². The van der Waals surface area contributed by atoms with Gasteiger partial charge >= 0.3 is 5.76 Å². The number of anilines is 1. The van der Waals surface area contributed by atoms with Crippen molar-refractivity contribution in [3.8, 4) is 0 Å². The van der Waals surface area contributed by atoms with E-state index in [9.17, 15) is 22.0 Å². The molecule has 0 unspecified atom stereocenters. The molecule has 27 heavy (non-hydrogen) atoms. The van der Waals surface area contributed by atoms with Crippen molar-refractivity contribution in [1.82, 2.24) is 4.90 Å². The van der Waals surface area contributed by atoms with Gasteiger partial charge in [0.2, 0.25) is 15.7 Å². The fraction of sp³-hybridized carbons (Fsp3) is 0.632. The Morgan fingerprint density at radius 1 is 1.04 bits per heavy atom. The number of amides is 1. The molecule has 1 amide bonds. The van der Waals surface area contributed by atoms with Crippen LogP contribution in [-0.4, -0.2) is 51.2 Å². The quantitative estimate of drug-likeness (QED) is 0.779. The van der Waals surface area contributed by atoms with E-state index in [2.05, 4.69) is 6.92 Å². The zero-order chi connectivity index (χ0) is 19.6. The van der Waals surface area contributed by atoms with Crippen LogP contribution in [0.2, 0.25) is 0 Å². The normalized spacial score (nSPS) is 20.3. The monoisotopic (exact) mass is 400 g/mol. The summed E-state index contributed by atoms with van der Waals surface area (Å²) in [5.41, 5.74) is 0.301. The highest BCUT2D eigenvalue weighted by Gasteiger charge is 2.34. The van der Waals surface area contributed by atoms with Gasteiger partial charge in [-0.1, -0.05) is 19.1 Å². The molecule has 150 valence electrons. The third-order valence-corrected chi connectivity index (χ3v) is 7.11. The second-order valence-corrected chi connectivity index (χ2v) is 9.43. The summed E-state index contributed by atoms with van der Waals surface area (Å²) in [5.74, 6) is -2.69. The molecular weight excluding hydrogens is 374 g/mol. The number of nitrogens with zero attached hydrogens (tertiary/aromatic N) is 2. The van der Waals surface area contributed by atoms with E-state index in [0.29, 0.717) is 37.5 Å². The minimum atomic E-state index is -4.66. The van der Waals surface area contributed by atoms with E-state index >= 15 is 0 Å². The molecule has 0 spiro atoms. The number of hydrogen-bond donors (Lipinski definition) is 0. The molecule has 8 heteroatoms. The number of benzene rings is 1. The lowest BCUT2D eigenvalue weighted by Crippen LogP contribution is -2.45. The van der Waals surface area contributed by atoms with E-state index in [1.54, 1.807) is 17.0 Å². The Hall–Kier alpha value is -1.70. The number of sulfone groups is 1. The van der Waals surface area contributed by atoms with Gasteiger partial charge in [-0.2, -0.15) is 8.78 Å². The molecule has 2 fully saturated rings. The number of para-hydroxylation sites is 1. The average molecular weight is 400 g/mol. The first-order valence-corrected chi connectivity index (χ1v) is 11.0. The van der Waals surface area contributed by atoms with Crippen molar-refractivity contribution in [2.45, 2.75) is 43.3 Å². The summed E-state index contributed by atoms with van der Waals surface area (Å²) >= 11 is 0. The molecule has 0 saturated carbocycles. The van der Waals surface area contributed by atoms with Crippen LogP contribution in [0.4, 0.5) is 14.5 Å². The number of piperidine rings is 2. The molecule has 5 nitrogen and oxygen atoms in total. The molecule has 3 rings (SSSR count). The number of likely N-dealkylation sites (tertiary alicyclic amines) is 1. The lowest BCUT2D eigenvalue weighted by atomic mass is 9.92. The summed E-state index contributed by atoms with van der Waals surface area (Å²) in [6, 6.07) is 5.88. The molecule has 0 bridgehead atoms. The predicted octanol–water partition coefficient (Wildman–Crippen LogP) is 3.16. The number of rotatable bonds is 4. The van der Waals surface area contributed by atoms with Gasteiger partial charge in [-0.05, 0) is 43.7 Å². The fourth-order valence-electron chi connectivity index (χ4n) is 3.91. The summed E-state index contributed by atoms with van der Waals surface area (Å²) in [6.07, 6.45) is 3.27. The van der Waals surface area contributed by atoms with Crippen molar-refractivity contribution in [2.24, 2.45) is 11.8 Å². The van der Waals surface area contributed by atoms with E-state index < -0.39 is 15.6 Å². The third kappa shape index (κ3) is 4.25. The maximum absolute atomic E-state index is 13.0. The first-order chi connectivity index (χ1) is 12.8. The molecule has 2 aliphatic rings. The van der Waals surface area contributed by atoms with Crippen molar-refractivity contribution in [3.05, 3.63) is 24.3 Å². The van der Waals surface area contributed by atoms with Gasteiger partial charge in [0.1, 0.15) is 0 Å². The van der Waals surface area contributed by atoms with Gasteiger partial charge in [0.25, 0.3) is 0 Å². The van der Waals surface area contributed by atoms with Crippen LogP contribution >= 0.6 is 0 Å². The predicted molar refractivity (Wildman–Crippen MR) is 99.5 cm³/mol. The molecule has 1 aromatic carbocycles. The van der Waals surface area contributed by atoms with Crippen LogP contribution in [0, 0.1) is 11.8 Å². The van der Waals surface area contributed by atoms with Crippen LogP contribution in [0.25, 0.3) is 0 Å². The second kappa shape index (κ2) is 8.12. The van der Waals surface area contributed by atoms with Gasteiger partial charge in [-0.3, -0.25) is 4.79 Å². The molecular formula is C19H26F2N2O3S. The molecule has 0 aliphatic carbocycles. The Labute approximate surface area is 159 Å². The van der Waals surface area contributed by atoms with E-state index in [-0.39, 0.29) is 16.7 Å². The van der Waals surface area contributed by atoms with Crippen molar-refractivity contribution in [2.75, 3.05) is 31.1 Å². The maximum atomic E-state index is 13.0. The standard InChI is InChI=1S/C19H26F2N2O3S/c1-14-6-10-23(11-7-14)18(24)15-8-12-22(13-9-15)16-4-2-3-5-17(16)27(25,26)19(20)21/h2-5,14-15,19H,6-13H2,1H3. The molecule has 2 saturated heterocycles. The Morgan fingerprint density at radius 2 is 1.63 bits per heavy atom. The summed E-state index contributed by atoms with van der Waals surface area (Å²) in [4.78, 5) is 16.1. The van der Waals surface area contributed by atoms with Crippen LogP contribution < -0.4 is 4.90 Å². The SMILES string of the molecule is CC1CCN(C(=O)C2CCN(c3ccccc3S(=O)(=O)C(F)F)CC2)CC1. The van der Waals surface area contributed by atoms with E-state index in [4.69, 9.17) is 0 Å². The molecule has 2 heterocycles. The number of carbonyl (C=O) groups excluding carboxylic acids is 1. The molecule has 0 N–H and O–H groups in total. The molecule has 0 aromatic heterocycles. The summed E-state index contributed by atoms with van der Waals surface area (Å²) in [7, 11) is -4.66. The highest BCUT2D eigenvalue weighted by molar-refractivity contribution is 7.91. The Bertz CT molecular complexity index is 769. The average Bonchev–Trinajstić information content (AvgIpc) is 2.68. The van der Waals surface area contributed by atoms with Crippen LogP contribution in [0.3, 0.4) is 0 Å². The van der Waals surface area contributed by atoms with Gasteiger partial charge < -0.3 is 9.80 Å². The highest BCUT2D eigenvalue weighted by atomic mass is 32.2. The zero-order valence-corrected chi connectivity index (χ0v) is 16.3. The number of halogens is 2. The van der Waals surface area contributed by atoms with E-state index in [0.717, 1.165) is 25.9 Å². The van der Waals surface area contributed by atoms with Gasteiger partial charge in [0.15, 0.2) is 0 Å².